The van der Waals surface area contributed by atoms with Gasteiger partial charge in [0.15, 0.2) is 23.0 Å². The number of carbonyl (C=O) groups excluding carboxylic acids is 3. The van der Waals surface area contributed by atoms with Crippen LogP contribution in [0.1, 0.15) is 24.0 Å². The van der Waals surface area contributed by atoms with E-state index in [1.165, 1.54) is 31.4 Å². The summed E-state index contributed by atoms with van der Waals surface area (Å²) in [6.07, 6.45) is 0.802. The van der Waals surface area contributed by atoms with Crippen molar-refractivity contribution in [3.63, 3.8) is 0 Å². The van der Waals surface area contributed by atoms with Crippen molar-refractivity contribution in [2.75, 3.05) is 40.0 Å². The molecule has 0 aliphatic rings. The summed E-state index contributed by atoms with van der Waals surface area (Å²) in [5.41, 5.74) is 1.41. The fourth-order valence-electron chi connectivity index (χ4n) is 3.42. The molecule has 1 atom stereocenters. The Morgan fingerprint density at radius 2 is 1.37 bits per heavy atom. The van der Waals surface area contributed by atoms with Crippen molar-refractivity contribution >= 4 is 17.7 Å². The lowest BCUT2D eigenvalue weighted by atomic mass is 10.1. The lowest BCUT2D eigenvalue weighted by molar-refractivity contribution is -0.132. The predicted octanol–water partition coefficient (Wildman–Crippen LogP) is 0.455. The Kier molecular flexibility index (Phi) is 12.7. The molecule has 12 nitrogen and oxygen atoms in total. The van der Waals surface area contributed by atoms with Crippen LogP contribution in [-0.2, 0) is 36.7 Å². The number of aromatic hydroxyl groups is 4. The highest BCUT2D eigenvalue weighted by Gasteiger charge is 2.22. The maximum absolute atomic E-state index is 12.8. The van der Waals surface area contributed by atoms with Crippen LogP contribution >= 0.6 is 0 Å². The third kappa shape index (κ3) is 10.9. The molecule has 0 saturated carbocycles. The molecule has 12 heteroatoms. The average molecular weight is 534 g/mol. The number of nitrogens with one attached hydrogen (secondary N) is 3. The lowest BCUT2D eigenvalue weighted by Crippen LogP contribution is -2.48. The smallest absolute Gasteiger partial charge is 0.246 e. The highest BCUT2D eigenvalue weighted by molar-refractivity contribution is 5.88. The zero-order valence-corrected chi connectivity index (χ0v) is 21.2. The van der Waals surface area contributed by atoms with E-state index in [1.54, 1.807) is 12.1 Å². The van der Waals surface area contributed by atoms with Gasteiger partial charge < -0.3 is 45.9 Å². The Balaban J connectivity index is 1.85. The van der Waals surface area contributed by atoms with Gasteiger partial charge in [-0.1, -0.05) is 12.1 Å². The molecular weight excluding hydrogens is 498 g/mol. The fraction of sp³-hybridized carbons (Fsp3) is 0.423. The molecule has 2 aromatic rings. The number of phenolic OH excluding ortho intramolecular Hbond substituents is 4. The van der Waals surface area contributed by atoms with Crippen molar-refractivity contribution in [3.8, 4) is 23.0 Å². The number of methoxy groups -OCH3 is 1. The molecule has 0 aliphatic heterocycles. The summed E-state index contributed by atoms with van der Waals surface area (Å²) in [4.78, 5) is 37.4. The van der Waals surface area contributed by atoms with Crippen LogP contribution in [-0.4, -0.2) is 84.2 Å². The topological polar surface area (TPSA) is 187 Å². The summed E-state index contributed by atoms with van der Waals surface area (Å²) in [6, 6.07) is 7.77. The Labute approximate surface area is 220 Å². The normalized spacial score (nSPS) is 11.5. The van der Waals surface area contributed by atoms with Gasteiger partial charge in [-0.3, -0.25) is 14.4 Å². The molecule has 0 aromatic heterocycles. The first-order chi connectivity index (χ1) is 18.2. The monoisotopic (exact) mass is 533 g/mol. The van der Waals surface area contributed by atoms with E-state index in [0.717, 1.165) is 5.56 Å². The van der Waals surface area contributed by atoms with Crippen LogP contribution in [0.25, 0.3) is 0 Å². The maximum Gasteiger partial charge on any atom is 0.246 e. The molecule has 0 fully saturated rings. The van der Waals surface area contributed by atoms with Gasteiger partial charge in [0, 0.05) is 26.6 Å². The van der Waals surface area contributed by atoms with Crippen molar-refractivity contribution in [1.82, 2.24) is 16.0 Å². The Bertz CT molecular complexity index is 1080. The van der Waals surface area contributed by atoms with Crippen molar-refractivity contribution in [2.45, 2.75) is 31.7 Å². The second-order valence-corrected chi connectivity index (χ2v) is 8.49. The standard InChI is InChI=1S/C26H35N3O9/c1-37-12-13-38-16-25(35)29-19(26(36)28-11-9-18-3-6-21(31)23(33)15-18)4-7-24(34)27-10-8-17-2-5-20(30)22(32)14-17/h2-3,5-6,14-15,19,30-33H,4,7-13,16H2,1H3,(H,27,34)(H,28,36)(H,29,35)/t19-/m0/s1. The number of ether oxygens (including phenoxy) is 2. The van der Waals surface area contributed by atoms with E-state index in [1.807, 2.05) is 0 Å². The van der Waals surface area contributed by atoms with Gasteiger partial charge >= 0.3 is 0 Å². The first-order valence-electron chi connectivity index (χ1n) is 12.1. The molecular formula is C26H35N3O9. The number of carbonyl (C=O) groups is 3. The van der Waals surface area contributed by atoms with Crippen LogP contribution in [0.15, 0.2) is 36.4 Å². The fourth-order valence-corrected chi connectivity index (χ4v) is 3.42. The molecule has 0 unspecified atom stereocenters. The average Bonchev–Trinajstić information content (AvgIpc) is 2.88. The summed E-state index contributed by atoms with van der Waals surface area (Å²) in [5.74, 6) is -2.30. The van der Waals surface area contributed by atoms with Gasteiger partial charge in [-0.25, -0.2) is 0 Å². The van der Waals surface area contributed by atoms with E-state index in [9.17, 15) is 34.8 Å². The second-order valence-electron chi connectivity index (χ2n) is 8.49. The first-order valence-corrected chi connectivity index (χ1v) is 12.1. The van der Waals surface area contributed by atoms with E-state index in [4.69, 9.17) is 9.47 Å². The summed E-state index contributed by atoms with van der Waals surface area (Å²) in [5, 5.41) is 46.0. The van der Waals surface area contributed by atoms with Gasteiger partial charge in [0.1, 0.15) is 12.6 Å². The Morgan fingerprint density at radius 1 is 0.789 bits per heavy atom. The van der Waals surface area contributed by atoms with Crippen LogP contribution in [0, 0.1) is 0 Å². The highest BCUT2D eigenvalue weighted by Crippen LogP contribution is 2.25. The van der Waals surface area contributed by atoms with Gasteiger partial charge in [0.2, 0.25) is 17.7 Å². The van der Waals surface area contributed by atoms with Gasteiger partial charge in [0.25, 0.3) is 0 Å². The number of amides is 3. The molecule has 0 spiro atoms. The third-order valence-electron chi connectivity index (χ3n) is 5.51. The minimum Gasteiger partial charge on any atom is -0.504 e. The molecule has 0 bridgehead atoms. The molecule has 2 rings (SSSR count). The second kappa shape index (κ2) is 15.9. The summed E-state index contributed by atoms with van der Waals surface area (Å²) >= 11 is 0. The lowest BCUT2D eigenvalue weighted by Gasteiger charge is -2.18. The molecule has 0 radical (unpaired) electrons. The molecule has 38 heavy (non-hydrogen) atoms. The highest BCUT2D eigenvalue weighted by atomic mass is 16.5. The SMILES string of the molecule is COCCOCC(=O)N[C@@H](CCC(=O)NCCc1ccc(O)c(O)c1)C(=O)NCCc1ccc(O)c(O)c1. The van der Waals surface area contributed by atoms with E-state index in [2.05, 4.69) is 16.0 Å². The van der Waals surface area contributed by atoms with Crippen molar-refractivity contribution < 1.29 is 44.3 Å². The van der Waals surface area contributed by atoms with Gasteiger partial charge in [0.05, 0.1) is 13.2 Å². The van der Waals surface area contributed by atoms with Crippen LogP contribution in [0.3, 0.4) is 0 Å². The molecule has 0 saturated heterocycles. The summed E-state index contributed by atoms with van der Waals surface area (Å²) < 4.78 is 10.0. The summed E-state index contributed by atoms with van der Waals surface area (Å²) in [6.45, 7) is 0.728. The molecule has 0 aliphatic carbocycles. The zero-order valence-electron chi connectivity index (χ0n) is 21.2. The predicted molar refractivity (Wildman–Crippen MR) is 137 cm³/mol. The largest absolute Gasteiger partial charge is 0.504 e. The Morgan fingerprint density at radius 3 is 1.92 bits per heavy atom. The third-order valence-corrected chi connectivity index (χ3v) is 5.51. The number of phenols is 4. The van der Waals surface area contributed by atoms with Crippen molar-refractivity contribution in [2.24, 2.45) is 0 Å². The van der Waals surface area contributed by atoms with Gasteiger partial charge in [-0.15, -0.1) is 0 Å². The first kappa shape index (κ1) is 30.2. The molecule has 3 amide bonds. The quantitative estimate of drug-likeness (QED) is 0.119. The van der Waals surface area contributed by atoms with E-state index < -0.39 is 17.9 Å². The Hall–Kier alpha value is -4.03. The van der Waals surface area contributed by atoms with E-state index >= 15 is 0 Å². The van der Waals surface area contributed by atoms with Gasteiger partial charge in [-0.05, 0) is 54.7 Å². The minimum absolute atomic E-state index is 0.0322. The minimum atomic E-state index is -0.985. The van der Waals surface area contributed by atoms with E-state index in [-0.39, 0.29) is 68.1 Å². The number of rotatable bonds is 16. The number of hydrogen-bond donors (Lipinski definition) is 7. The molecule has 2 aromatic carbocycles. The molecule has 208 valence electrons. The number of benzene rings is 2. The maximum atomic E-state index is 12.8. The van der Waals surface area contributed by atoms with Crippen LogP contribution in [0.5, 0.6) is 23.0 Å². The number of hydrogen-bond acceptors (Lipinski definition) is 9. The van der Waals surface area contributed by atoms with Crippen LogP contribution < -0.4 is 16.0 Å². The van der Waals surface area contributed by atoms with E-state index in [0.29, 0.717) is 25.0 Å². The summed E-state index contributed by atoms with van der Waals surface area (Å²) in [7, 11) is 1.50. The van der Waals surface area contributed by atoms with Crippen molar-refractivity contribution in [1.29, 1.82) is 0 Å². The molecule has 0 heterocycles. The molecule has 7 N–H and O–H groups in total. The van der Waals surface area contributed by atoms with Gasteiger partial charge in [-0.2, -0.15) is 0 Å². The van der Waals surface area contributed by atoms with Crippen LogP contribution in [0.2, 0.25) is 0 Å². The van der Waals surface area contributed by atoms with Crippen LogP contribution in [0.4, 0.5) is 0 Å². The van der Waals surface area contributed by atoms with Crippen molar-refractivity contribution in [3.05, 3.63) is 47.5 Å². The zero-order chi connectivity index (χ0) is 27.9.